The van der Waals surface area contributed by atoms with E-state index in [9.17, 15) is 31.8 Å². The van der Waals surface area contributed by atoms with Crippen LogP contribution in [0.2, 0.25) is 5.28 Å². The van der Waals surface area contributed by atoms with Gasteiger partial charge in [0.05, 0.1) is 62.8 Å². The zero-order valence-corrected chi connectivity index (χ0v) is 29.0. The molecule has 50 heavy (non-hydrogen) atoms. The second-order valence-electron chi connectivity index (χ2n) is 13.4. The van der Waals surface area contributed by atoms with Gasteiger partial charge in [0.2, 0.25) is 11.2 Å². The summed E-state index contributed by atoms with van der Waals surface area (Å²) in [6, 6.07) is 5.46. The highest BCUT2D eigenvalue weighted by Crippen LogP contribution is 2.42. The van der Waals surface area contributed by atoms with E-state index in [1.165, 1.54) is 0 Å². The molecule has 3 aliphatic heterocycles. The Morgan fingerprint density at radius 1 is 0.820 bits per heavy atom. The zero-order chi connectivity index (χ0) is 34.6. The number of aliphatic hydroxyl groups excluding tert-OH is 2. The third-order valence-corrected chi connectivity index (χ3v) is 13.0. The first-order chi connectivity index (χ1) is 23.4. The highest BCUT2D eigenvalue weighted by Gasteiger charge is 2.45. The van der Waals surface area contributed by atoms with Gasteiger partial charge in [0, 0.05) is 37.4 Å². The van der Waals surface area contributed by atoms with Crippen molar-refractivity contribution in [3.05, 3.63) is 52.1 Å². The minimum absolute atomic E-state index is 0. The molecule has 2 atom stereocenters. The summed E-state index contributed by atoms with van der Waals surface area (Å²) in [7, 11) is -2.19. The van der Waals surface area contributed by atoms with Gasteiger partial charge < -0.3 is 25.7 Å². The maximum absolute atomic E-state index is 12.8. The summed E-state index contributed by atoms with van der Waals surface area (Å²) in [6.07, 6.45) is 2.06. The molecule has 4 N–H and O–H groups in total. The summed E-state index contributed by atoms with van der Waals surface area (Å²) in [5.41, 5.74) is 1.19. The summed E-state index contributed by atoms with van der Waals surface area (Å²) in [5, 5.41) is 25.6. The SMILES string of the molecule is C.O=S1CCc2nc(Cl)nc(NC3(CO)CC3)c21.O=S1CCc2nc(N3CCC(c4ccc(C(F)(F)F)cc4)CC3)nc(NC3(CO)CC3)c21. The molecule has 1 aromatic carbocycles. The van der Waals surface area contributed by atoms with Crippen LogP contribution in [0.25, 0.3) is 0 Å². The second-order valence-corrected chi connectivity index (χ2v) is 16.7. The molecule has 0 spiro atoms. The third-order valence-electron chi connectivity index (χ3n) is 9.90. The molecule has 3 aromatic rings. The fourth-order valence-electron chi connectivity index (χ4n) is 6.47. The van der Waals surface area contributed by atoms with Crippen LogP contribution in [0.1, 0.15) is 74.4 Å². The van der Waals surface area contributed by atoms with Gasteiger partial charge in [-0.05, 0) is 73.7 Å². The van der Waals surface area contributed by atoms with Crippen LogP contribution in [0.15, 0.2) is 34.1 Å². The number of nitrogens with zero attached hydrogens (tertiary/aromatic N) is 5. The fourth-order valence-corrected chi connectivity index (χ4v) is 9.27. The van der Waals surface area contributed by atoms with Crippen LogP contribution in [0.4, 0.5) is 30.8 Å². The van der Waals surface area contributed by atoms with Gasteiger partial charge in [-0.15, -0.1) is 0 Å². The maximum atomic E-state index is 12.8. The van der Waals surface area contributed by atoms with Crippen molar-refractivity contribution in [1.29, 1.82) is 0 Å². The molecule has 2 aromatic heterocycles. The Kier molecular flexibility index (Phi) is 10.5. The molecule has 5 aliphatic rings. The van der Waals surface area contributed by atoms with Gasteiger partial charge in [0.15, 0.2) is 0 Å². The minimum Gasteiger partial charge on any atom is -0.394 e. The van der Waals surface area contributed by atoms with E-state index in [2.05, 4.69) is 25.5 Å². The molecule has 0 amide bonds. The van der Waals surface area contributed by atoms with Crippen LogP contribution in [-0.2, 0) is 40.6 Å². The summed E-state index contributed by atoms with van der Waals surface area (Å²) in [4.78, 5) is 21.0. The van der Waals surface area contributed by atoms with E-state index in [1.54, 1.807) is 12.1 Å². The van der Waals surface area contributed by atoms with Gasteiger partial charge in [-0.2, -0.15) is 23.1 Å². The van der Waals surface area contributed by atoms with E-state index >= 15 is 0 Å². The average Bonchev–Trinajstić information content (AvgIpc) is 3.98. The number of halogens is 4. The molecule has 11 nitrogen and oxygen atoms in total. The fraction of sp³-hybridized carbons (Fsp3) is 0.576. The van der Waals surface area contributed by atoms with Crippen molar-refractivity contribution in [3.8, 4) is 0 Å². The summed E-state index contributed by atoms with van der Waals surface area (Å²) in [6.45, 7) is 1.44. The summed E-state index contributed by atoms with van der Waals surface area (Å²) < 4.78 is 62.8. The van der Waals surface area contributed by atoms with E-state index in [1.807, 2.05) is 0 Å². The van der Waals surface area contributed by atoms with Crippen molar-refractivity contribution in [2.24, 2.45) is 0 Å². The molecule has 0 radical (unpaired) electrons. The Hall–Kier alpha value is -2.92. The van der Waals surface area contributed by atoms with E-state index < -0.39 is 33.3 Å². The first-order valence-corrected chi connectivity index (χ1v) is 19.4. The van der Waals surface area contributed by atoms with Gasteiger partial charge >= 0.3 is 6.18 Å². The van der Waals surface area contributed by atoms with Crippen LogP contribution in [0.5, 0.6) is 0 Å². The Morgan fingerprint density at radius 2 is 1.32 bits per heavy atom. The number of aromatic nitrogens is 4. The molecule has 2 unspecified atom stereocenters. The normalized spacial score (nSPS) is 22.8. The Labute approximate surface area is 298 Å². The molecule has 8 rings (SSSR count). The molecular weight excluding hydrogens is 715 g/mol. The molecule has 2 aliphatic carbocycles. The number of nitrogens with one attached hydrogen (secondary N) is 2. The lowest BCUT2D eigenvalue weighted by atomic mass is 9.89. The van der Waals surface area contributed by atoms with Crippen molar-refractivity contribution in [2.45, 2.75) is 91.8 Å². The number of hydrogen-bond acceptors (Lipinski definition) is 11. The largest absolute Gasteiger partial charge is 0.416 e. The molecule has 272 valence electrons. The van der Waals surface area contributed by atoms with Crippen molar-refractivity contribution in [2.75, 3.05) is 53.3 Å². The lowest BCUT2D eigenvalue weighted by Gasteiger charge is -2.33. The number of hydrogen-bond donors (Lipinski definition) is 4. The lowest BCUT2D eigenvalue weighted by Crippen LogP contribution is -2.35. The van der Waals surface area contributed by atoms with Crippen LogP contribution in [0.3, 0.4) is 0 Å². The Bertz CT molecular complexity index is 1780. The summed E-state index contributed by atoms with van der Waals surface area (Å²) >= 11 is 5.85. The topological polar surface area (TPSA) is 153 Å². The standard InChI is InChI=1S/C22H25F3N4O2S.C10H12ClN3O2S.CH4/c23-22(24,25)16-3-1-14(2-4-16)15-5-10-29(11-6-15)20-26-17-7-12-32(31)18(17)19(27-20)28-21(13-30)8-9-21;11-9-12-6-1-4-17(16)7(6)8(13-9)14-10(5-15)2-3-10;/h1-4,15,30H,5-13H2,(H,26,27,28);15H,1-5H2,(H,12,13,14);1H4. The number of aliphatic hydroxyl groups is 2. The highest BCUT2D eigenvalue weighted by molar-refractivity contribution is 7.85. The van der Waals surface area contributed by atoms with Crippen LogP contribution < -0.4 is 15.5 Å². The predicted molar refractivity (Wildman–Crippen MR) is 187 cm³/mol. The number of aryl methyl sites for hydroxylation is 2. The molecule has 17 heteroatoms. The first-order valence-electron chi connectivity index (χ1n) is 16.4. The van der Waals surface area contributed by atoms with Crippen molar-refractivity contribution in [3.63, 3.8) is 0 Å². The van der Waals surface area contributed by atoms with Gasteiger partial charge in [0.25, 0.3) is 0 Å². The third kappa shape index (κ3) is 7.64. The molecule has 0 bridgehead atoms. The quantitative estimate of drug-likeness (QED) is 0.234. The molecule has 5 heterocycles. The van der Waals surface area contributed by atoms with Gasteiger partial charge in [-0.25, -0.2) is 9.97 Å². The molecular formula is C33H41ClF3N7O4S2. The van der Waals surface area contributed by atoms with E-state index in [0.717, 1.165) is 67.6 Å². The lowest BCUT2D eigenvalue weighted by molar-refractivity contribution is -0.137. The Balaban J connectivity index is 0.000000202. The number of benzene rings is 1. The number of piperidine rings is 1. The molecule has 2 saturated carbocycles. The van der Waals surface area contributed by atoms with Crippen molar-refractivity contribution >= 4 is 50.8 Å². The maximum Gasteiger partial charge on any atom is 0.416 e. The highest BCUT2D eigenvalue weighted by atomic mass is 35.5. The van der Waals surface area contributed by atoms with Crippen molar-refractivity contribution < 1.29 is 31.8 Å². The van der Waals surface area contributed by atoms with Crippen LogP contribution in [-0.4, -0.2) is 87.5 Å². The number of rotatable bonds is 8. The number of anilines is 3. The number of alkyl halides is 3. The van der Waals surface area contributed by atoms with Crippen LogP contribution in [0, 0.1) is 0 Å². The van der Waals surface area contributed by atoms with E-state index in [4.69, 9.17) is 21.6 Å². The number of fused-ring (bicyclic) bond motifs is 2. The molecule has 1 saturated heterocycles. The van der Waals surface area contributed by atoms with Gasteiger partial charge in [0.1, 0.15) is 21.4 Å². The van der Waals surface area contributed by atoms with E-state index in [0.29, 0.717) is 64.8 Å². The smallest absolute Gasteiger partial charge is 0.394 e. The predicted octanol–water partition coefficient (Wildman–Crippen LogP) is 4.85. The first kappa shape index (κ1) is 36.9. The molecule has 3 fully saturated rings. The minimum atomic E-state index is -4.32. The van der Waals surface area contributed by atoms with Gasteiger partial charge in [-0.3, -0.25) is 8.42 Å². The second kappa shape index (κ2) is 14.2. The average molecular weight is 756 g/mol. The zero-order valence-electron chi connectivity index (χ0n) is 26.6. The Morgan fingerprint density at radius 3 is 1.80 bits per heavy atom. The van der Waals surface area contributed by atoms with Crippen LogP contribution >= 0.6 is 11.6 Å². The summed E-state index contributed by atoms with van der Waals surface area (Å²) in [5.74, 6) is 2.98. The monoisotopic (exact) mass is 755 g/mol. The van der Waals surface area contributed by atoms with Crippen molar-refractivity contribution in [1.82, 2.24) is 19.9 Å². The van der Waals surface area contributed by atoms with E-state index in [-0.39, 0.29) is 42.9 Å². The van der Waals surface area contributed by atoms with Gasteiger partial charge in [-0.1, -0.05) is 19.6 Å².